The van der Waals surface area contributed by atoms with Gasteiger partial charge in [0.2, 0.25) is 0 Å². The molecule has 1 aliphatic rings. The number of rotatable bonds is 6. The van der Waals surface area contributed by atoms with E-state index < -0.39 is 23.7 Å². The maximum absolute atomic E-state index is 12.1. The van der Waals surface area contributed by atoms with Gasteiger partial charge in [0.15, 0.2) is 0 Å². The lowest BCUT2D eigenvalue weighted by Gasteiger charge is -2.26. The molecule has 2 atom stereocenters. The Kier molecular flexibility index (Phi) is 6.42. The SMILES string of the molecule is CCOCCO[C@@H]1C[C@@H](C(=O)O)N(C(=O)OC(C)(C)C)C1. The maximum Gasteiger partial charge on any atom is 0.411 e. The highest BCUT2D eigenvalue weighted by molar-refractivity contribution is 5.81. The van der Waals surface area contributed by atoms with E-state index in [1.807, 2.05) is 6.92 Å². The molecule has 0 aromatic carbocycles. The van der Waals surface area contributed by atoms with Crippen molar-refractivity contribution in [1.29, 1.82) is 0 Å². The van der Waals surface area contributed by atoms with E-state index in [2.05, 4.69) is 0 Å². The fourth-order valence-corrected chi connectivity index (χ4v) is 2.09. The Labute approximate surface area is 125 Å². The molecule has 7 heteroatoms. The van der Waals surface area contributed by atoms with Gasteiger partial charge in [0.05, 0.1) is 25.9 Å². The van der Waals surface area contributed by atoms with Crippen molar-refractivity contribution in [2.75, 3.05) is 26.4 Å². The van der Waals surface area contributed by atoms with Crippen molar-refractivity contribution in [3.05, 3.63) is 0 Å². The summed E-state index contributed by atoms with van der Waals surface area (Å²) in [6.45, 7) is 8.78. The molecule has 0 unspecified atom stereocenters. The molecule has 0 spiro atoms. The van der Waals surface area contributed by atoms with E-state index in [0.29, 0.717) is 19.8 Å². The van der Waals surface area contributed by atoms with Gasteiger partial charge in [-0.15, -0.1) is 0 Å². The van der Waals surface area contributed by atoms with Gasteiger partial charge in [-0.3, -0.25) is 4.90 Å². The Balaban J connectivity index is 2.57. The zero-order valence-corrected chi connectivity index (χ0v) is 13.1. The molecule has 7 nitrogen and oxygen atoms in total. The van der Waals surface area contributed by atoms with Crippen LogP contribution >= 0.6 is 0 Å². The first-order valence-corrected chi connectivity index (χ1v) is 7.16. The second-order valence-corrected chi connectivity index (χ2v) is 5.91. The van der Waals surface area contributed by atoms with E-state index in [4.69, 9.17) is 14.2 Å². The van der Waals surface area contributed by atoms with Gasteiger partial charge in [-0.05, 0) is 27.7 Å². The Bertz CT molecular complexity index is 365. The molecule has 0 radical (unpaired) electrons. The molecular weight excluding hydrogens is 278 g/mol. The fourth-order valence-electron chi connectivity index (χ4n) is 2.09. The summed E-state index contributed by atoms with van der Waals surface area (Å²) < 4.78 is 16.0. The minimum absolute atomic E-state index is 0.220. The Hall–Kier alpha value is -1.34. The average Bonchev–Trinajstić information content (AvgIpc) is 2.77. The quantitative estimate of drug-likeness (QED) is 0.749. The van der Waals surface area contributed by atoms with E-state index in [1.54, 1.807) is 20.8 Å². The number of likely N-dealkylation sites (tertiary alicyclic amines) is 1. The molecule has 1 amide bonds. The van der Waals surface area contributed by atoms with Crippen molar-refractivity contribution in [2.24, 2.45) is 0 Å². The van der Waals surface area contributed by atoms with Crippen LogP contribution in [0.3, 0.4) is 0 Å². The van der Waals surface area contributed by atoms with Crippen LogP contribution in [-0.4, -0.2) is 66.2 Å². The van der Waals surface area contributed by atoms with Crippen molar-refractivity contribution < 1.29 is 28.9 Å². The molecule has 1 saturated heterocycles. The van der Waals surface area contributed by atoms with Crippen molar-refractivity contribution in [2.45, 2.75) is 51.9 Å². The number of aliphatic carboxylic acids is 1. The molecule has 1 N–H and O–H groups in total. The molecule has 0 bridgehead atoms. The number of carbonyl (C=O) groups excluding carboxylic acids is 1. The zero-order chi connectivity index (χ0) is 16.0. The monoisotopic (exact) mass is 303 g/mol. The van der Waals surface area contributed by atoms with Gasteiger partial charge >= 0.3 is 12.1 Å². The largest absolute Gasteiger partial charge is 0.480 e. The summed E-state index contributed by atoms with van der Waals surface area (Å²) in [6, 6.07) is -0.906. The average molecular weight is 303 g/mol. The number of carboxylic acid groups (broad SMARTS) is 1. The lowest BCUT2D eigenvalue weighted by atomic mass is 10.2. The van der Waals surface area contributed by atoms with Gasteiger partial charge in [-0.2, -0.15) is 0 Å². The molecule has 0 aromatic heterocycles. The summed E-state index contributed by atoms with van der Waals surface area (Å²) in [7, 11) is 0. The number of ether oxygens (including phenoxy) is 3. The Morgan fingerprint density at radius 2 is 1.95 bits per heavy atom. The highest BCUT2D eigenvalue weighted by atomic mass is 16.6. The first kappa shape index (κ1) is 17.7. The molecule has 0 saturated carbocycles. The van der Waals surface area contributed by atoms with Crippen LogP contribution in [0.5, 0.6) is 0 Å². The highest BCUT2D eigenvalue weighted by Crippen LogP contribution is 2.23. The highest BCUT2D eigenvalue weighted by Gasteiger charge is 2.42. The second kappa shape index (κ2) is 7.61. The van der Waals surface area contributed by atoms with Gasteiger partial charge in [-0.1, -0.05) is 0 Å². The van der Waals surface area contributed by atoms with Crippen LogP contribution in [-0.2, 0) is 19.0 Å². The molecule has 1 heterocycles. The fraction of sp³-hybridized carbons (Fsp3) is 0.857. The van der Waals surface area contributed by atoms with Crippen LogP contribution < -0.4 is 0 Å². The lowest BCUT2D eigenvalue weighted by molar-refractivity contribution is -0.142. The molecular formula is C14H25NO6. The minimum atomic E-state index is -1.04. The third-order valence-corrected chi connectivity index (χ3v) is 2.96. The molecule has 1 rings (SSSR count). The topological polar surface area (TPSA) is 85.3 Å². The molecule has 0 aliphatic carbocycles. The van der Waals surface area contributed by atoms with Crippen molar-refractivity contribution >= 4 is 12.1 Å². The Morgan fingerprint density at radius 3 is 2.48 bits per heavy atom. The van der Waals surface area contributed by atoms with E-state index in [-0.39, 0.29) is 19.1 Å². The first-order valence-electron chi connectivity index (χ1n) is 7.16. The van der Waals surface area contributed by atoms with Gasteiger partial charge in [-0.25, -0.2) is 9.59 Å². The van der Waals surface area contributed by atoms with E-state index in [0.717, 1.165) is 0 Å². The van der Waals surface area contributed by atoms with Crippen LogP contribution in [0.25, 0.3) is 0 Å². The number of carboxylic acids is 1. The zero-order valence-electron chi connectivity index (χ0n) is 13.1. The van der Waals surface area contributed by atoms with Gasteiger partial charge in [0.1, 0.15) is 11.6 Å². The number of carbonyl (C=O) groups is 2. The van der Waals surface area contributed by atoms with Crippen molar-refractivity contribution in [1.82, 2.24) is 4.90 Å². The van der Waals surface area contributed by atoms with Gasteiger partial charge in [0, 0.05) is 13.0 Å². The smallest absolute Gasteiger partial charge is 0.411 e. The third-order valence-electron chi connectivity index (χ3n) is 2.96. The summed E-state index contributed by atoms with van der Waals surface area (Å²) >= 11 is 0. The minimum Gasteiger partial charge on any atom is -0.480 e. The second-order valence-electron chi connectivity index (χ2n) is 5.91. The predicted molar refractivity (Wildman–Crippen MR) is 75.2 cm³/mol. The van der Waals surface area contributed by atoms with E-state index >= 15 is 0 Å². The molecule has 21 heavy (non-hydrogen) atoms. The summed E-state index contributed by atoms with van der Waals surface area (Å²) in [4.78, 5) is 24.6. The maximum atomic E-state index is 12.1. The normalized spacial score (nSPS) is 22.4. The number of nitrogens with zero attached hydrogens (tertiary/aromatic N) is 1. The number of hydrogen-bond donors (Lipinski definition) is 1. The van der Waals surface area contributed by atoms with Gasteiger partial charge < -0.3 is 19.3 Å². The summed E-state index contributed by atoms with van der Waals surface area (Å²) in [5, 5.41) is 9.23. The lowest BCUT2D eigenvalue weighted by Crippen LogP contribution is -2.43. The Morgan fingerprint density at radius 1 is 1.29 bits per heavy atom. The summed E-state index contributed by atoms with van der Waals surface area (Å²) in [5.74, 6) is -1.04. The van der Waals surface area contributed by atoms with Crippen molar-refractivity contribution in [3.63, 3.8) is 0 Å². The molecule has 0 aromatic rings. The van der Waals surface area contributed by atoms with Crippen LogP contribution in [0.2, 0.25) is 0 Å². The third kappa shape index (κ3) is 5.89. The molecule has 1 aliphatic heterocycles. The standard InChI is InChI=1S/C14H25NO6/c1-5-19-6-7-20-10-8-11(12(16)17)15(9-10)13(18)21-14(2,3)4/h10-11H,5-9H2,1-4H3,(H,16,17)/t10-,11+/m1/s1. The first-order chi connectivity index (χ1) is 9.74. The van der Waals surface area contributed by atoms with Crippen molar-refractivity contribution in [3.8, 4) is 0 Å². The summed E-state index contributed by atoms with van der Waals surface area (Å²) in [6.07, 6.45) is -0.661. The van der Waals surface area contributed by atoms with Crippen LogP contribution in [0, 0.1) is 0 Å². The van der Waals surface area contributed by atoms with Crippen LogP contribution in [0.1, 0.15) is 34.1 Å². The van der Waals surface area contributed by atoms with Crippen LogP contribution in [0.4, 0.5) is 4.79 Å². The van der Waals surface area contributed by atoms with Crippen LogP contribution in [0.15, 0.2) is 0 Å². The number of hydrogen-bond acceptors (Lipinski definition) is 5. The van der Waals surface area contributed by atoms with Gasteiger partial charge in [0.25, 0.3) is 0 Å². The molecule has 1 fully saturated rings. The molecule has 122 valence electrons. The predicted octanol–water partition coefficient (Wildman–Crippen LogP) is 1.50. The number of amides is 1. The van der Waals surface area contributed by atoms with E-state index in [1.165, 1.54) is 4.90 Å². The van der Waals surface area contributed by atoms with E-state index in [9.17, 15) is 14.7 Å². The summed E-state index contributed by atoms with van der Waals surface area (Å²) in [5.41, 5.74) is -0.659.